The van der Waals surface area contributed by atoms with Gasteiger partial charge in [0.1, 0.15) is 0 Å². The summed E-state index contributed by atoms with van der Waals surface area (Å²) in [4.78, 5) is 19.1. The smallest absolute Gasteiger partial charge is 0.255 e. The maximum Gasteiger partial charge on any atom is 0.255 e. The molecular formula is C27H24N2O3. The third-order valence-corrected chi connectivity index (χ3v) is 6.73. The van der Waals surface area contributed by atoms with Gasteiger partial charge in [-0.1, -0.05) is 48.5 Å². The van der Waals surface area contributed by atoms with Gasteiger partial charge >= 0.3 is 0 Å². The van der Waals surface area contributed by atoms with Gasteiger partial charge in [0, 0.05) is 40.2 Å². The summed E-state index contributed by atoms with van der Waals surface area (Å²) < 4.78 is 11.7. The highest BCUT2D eigenvalue weighted by Crippen LogP contribution is 2.51. The van der Waals surface area contributed by atoms with Crippen molar-refractivity contribution in [1.82, 2.24) is 9.88 Å². The third-order valence-electron chi connectivity index (χ3n) is 6.73. The lowest BCUT2D eigenvalue weighted by atomic mass is 9.82. The van der Waals surface area contributed by atoms with Gasteiger partial charge in [0.05, 0.1) is 19.8 Å². The summed E-state index contributed by atoms with van der Waals surface area (Å²) >= 11 is 0. The molecule has 32 heavy (non-hydrogen) atoms. The van der Waals surface area contributed by atoms with Crippen molar-refractivity contribution in [2.45, 2.75) is 18.9 Å². The number of para-hydroxylation sites is 2. The molecule has 0 bridgehead atoms. The van der Waals surface area contributed by atoms with E-state index in [1.807, 2.05) is 48.2 Å². The van der Waals surface area contributed by atoms with Crippen LogP contribution in [0.5, 0.6) is 11.5 Å². The standard InChI is InChI=1S/C27H24N2O3/c1-3-32-26-17(12-8-14-22(26)31-2)20-15-29-25(16-9-4-5-10-18(16)27(29)30)24-23(20)19-11-6-7-13-21(19)28-24/h4-14,20,25,28H,3,15H2,1-2H3/t20-,25-/m0/s1. The molecule has 6 rings (SSSR count). The predicted octanol–water partition coefficient (Wildman–Crippen LogP) is 5.27. The van der Waals surface area contributed by atoms with Crippen LogP contribution in [0.1, 0.15) is 51.6 Å². The third kappa shape index (κ3) is 2.54. The molecule has 1 aromatic heterocycles. The Bertz CT molecular complexity index is 1360. The molecule has 5 nitrogen and oxygen atoms in total. The number of hydrogen-bond acceptors (Lipinski definition) is 3. The van der Waals surface area contributed by atoms with Crippen molar-refractivity contribution in [2.75, 3.05) is 20.3 Å². The van der Waals surface area contributed by atoms with Crippen molar-refractivity contribution in [3.8, 4) is 11.5 Å². The van der Waals surface area contributed by atoms with Crippen LogP contribution < -0.4 is 9.47 Å². The van der Waals surface area contributed by atoms with Crippen LogP contribution in [-0.4, -0.2) is 36.1 Å². The Hall–Kier alpha value is -3.73. The monoisotopic (exact) mass is 424 g/mol. The molecule has 160 valence electrons. The molecule has 0 fully saturated rings. The van der Waals surface area contributed by atoms with E-state index >= 15 is 0 Å². The maximum atomic E-state index is 13.4. The molecule has 0 saturated heterocycles. The number of ether oxygens (including phenoxy) is 2. The minimum Gasteiger partial charge on any atom is -0.493 e. The number of benzene rings is 3. The molecule has 0 aliphatic carbocycles. The molecule has 3 aromatic carbocycles. The Morgan fingerprint density at radius 1 is 1.00 bits per heavy atom. The van der Waals surface area contributed by atoms with E-state index in [2.05, 4.69) is 35.3 Å². The highest BCUT2D eigenvalue weighted by atomic mass is 16.5. The number of amides is 1. The summed E-state index contributed by atoms with van der Waals surface area (Å²) in [5.74, 6) is 1.51. The minimum absolute atomic E-state index is 0.0349. The van der Waals surface area contributed by atoms with E-state index in [9.17, 15) is 4.79 Å². The molecule has 1 N–H and O–H groups in total. The first-order valence-corrected chi connectivity index (χ1v) is 11.0. The summed E-state index contributed by atoms with van der Waals surface area (Å²) in [5, 5.41) is 1.19. The molecule has 3 heterocycles. The van der Waals surface area contributed by atoms with Crippen molar-refractivity contribution in [3.05, 3.63) is 94.7 Å². The highest BCUT2D eigenvalue weighted by molar-refractivity contribution is 6.01. The summed E-state index contributed by atoms with van der Waals surface area (Å²) in [6, 6.07) is 22.3. The highest BCUT2D eigenvalue weighted by Gasteiger charge is 2.46. The molecule has 0 unspecified atom stereocenters. The van der Waals surface area contributed by atoms with E-state index in [1.54, 1.807) is 7.11 Å². The fourth-order valence-corrected chi connectivity index (χ4v) is 5.45. The van der Waals surface area contributed by atoms with Gasteiger partial charge in [-0.2, -0.15) is 0 Å². The zero-order valence-corrected chi connectivity index (χ0v) is 18.1. The van der Waals surface area contributed by atoms with Crippen LogP contribution in [-0.2, 0) is 0 Å². The number of aromatic amines is 1. The lowest BCUT2D eigenvalue weighted by Gasteiger charge is -2.36. The van der Waals surface area contributed by atoms with Gasteiger partial charge in [-0.3, -0.25) is 4.79 Å². The Balaban J connectivity index is 1.63. The zero-order chi connectivity index (χ0) is 21.8. The van der Waals surface area contributed by atoms with E-state index in [1.165, 1.54) is 10.9 Å². The topological polar surface area (TPSA) is 54.6 Å². The number of carbonyl (C=O) groups is 1. The van der Waals surface area contributed by atoms with Gasteiger partial charge in [0.25, 0.3) is 5.91 Å². The SMILES string of the molecule is CCOc1c(OC)cccc1[C@@H]1CN2C(=O)c3ccccc3[C@H]2c2[nH]c3ccccc3c21. The Labute approximate surface area is 186 Å². The first-order valence-electron chi connectivity index (χ1n) is 11.0. The number of rotatable bonds is 4. The molecular weight excluding hydrogens is 400 g/mol. The van der Waals surface area contributed by atoms with E-state index in [0.29, 0.717) is 18.9 Å². The van der Waals surface area contributed by atoms with Crippen molar-refractivity contribution in [1.29, 1.82) is 0 Å². The Morgan fingerprint density at radius 3 is 2.62 bits per heavy atom. The van der Waals surface area contributed by atoms with Crippen LogP contribution in [0.3, 0.4) is 0 Å². The van der Waals surface area contributed by atoms with Crippen LogP contribution in [0, 0.1) is 0 Å². The second-order valence-electron chi connectivity index (χ2n) is 8.31. The number of aromatic nitrogens is 1. The first kappa shape index (κ1) is 19.0. The second-order valence-corrected chi connectivity index (χ2v) is 8.31. The van der Waals surface area contributed by atoms with Gasteiger partial charge in [-0.15, -0.1) is 0 Å². The number of H-pyrrole nitrogens is 1. The largest absolute Gasteiger partial charge is 0.493 e. The van der Waals surface area contributed by atoms with Gasteiger partial charge in [-0.05, 0) is 36.2 Å². The summed E-state index contributed by atoms with van der Waals surface area (Å²) in [6.07, 6.45) is 0. The van der Waals surface area contributed by atoms with Gasteiger partial charge < -0.3 is 19.4 Å². The van der Waals surface area contributed by atoms with Crippen molar-refractivity contribution in [2.24, 2.45) is 0 Å². The molecule has 2 atom stereocenters. The number of methoxy groups -OCH3 is 1. The summed E-state index contributed by atoms with van der Waals surface area (Å²) in [6.45, 7) is 3.10. The molecule has 0 radical (unpaired) electrons. The Kier molecular flexibility index (Phi) is 4.25. The first-order chi connectivity index (χ1) is 15.7. The average Bonchev–Trinajstić information content (AvgIpc) is 3.35. The average molecular weight is 425 g/mol. The molecule has 2 aliphatic rings. The lowest BCUT2D eigenvalue weighted by molar-refractivity contribution is 0.0727. The molecule has 0 saturated carbocycles. The molecule has 5 heteroatoms. The van der Waals surface area contributed by atoms with E-state index in [-0.39, 0.29) is 17.9 Å². The number of hydrogen-bond donors (Lipinski definition) is 1. The van der Waals surface area contributed by atoms with Crippen LogP contribution in [0.25, 0.3) is 10.9 Å². The van der Waals surface area contributed by atoms with Gasteiger partial charge in [0.2, 0.25) is 0 Å². The van der Waals surface area contributed by atoms with Gasteiger partial charge in [-0.25, -0.2) is 0 Å². The van der Waals surface area contributed by atoms with Gasteiger partial charge in [0.15, 0.2) is 11.5 Å². The lowest BCUT2D eigenvalue weighted by Crippen LogP contribution is -2.38. The molecule has 4 aromatic rings. The number of nitrogens with zero attached hydrogens (tertiary/aromatic N) is 1. The van der Waals surface area contributed by atoms with E-state index in [0.717, 1.165) is 33.7 Å². The maximum absolute atomic E-state index is 13.4. The van der Waals surface area contributed by atoms with E-state index < -0.39 is 0 Å². The second kappa shape index (κ2) is 7.16. The van der Waals surface area contributed by atoms with Crippen LogP contribution >= 0.6 is 0 Å². The van der Waals surface area contributed by atoms with Crippen LogP contribution in [0.4, 0.5) is 0 Å². The van der Waals surface area contributed by atoms with Crippen molar-refractivity contribution < 1.29 is 14.3 Å². The summed E-state index contributed by atoms with van der Waals surface area (Å²) in [5.41, 5.74) is 6.31. The fraction of sp³-hybridized carbons (Fsp3) is 0.222. The predicted molar refractivity (Wildman–Crippen MR) is 124 cm³/mol. The number of fused-ring (bicyclic) bond motifs is 7. The quantitative estimate of drug-likeness (QED) is 0.486. The van der Waals surface area contributed by atoms with Crippen molar-refractivity contribution in [3.63, 3.8) is 0 Å². The fourth-order valence-electron chi connectivity index (χ4n) is 5.45. The van der Waals surface area contributed by atoms with E-state index in [4.69, 9.17) is 9.47 Å². The van der Waals surface area contributed by atoms with Crippen LogP contribution in [0.15, 0.2) is 66.7 Å². The molecule has 2 aliphatic heterocycles. The Morgan fingerprint density at radius 2 is 1.78 bits per heavy atom. The normalized spacial score (nSPS) is 18.9. The molecule has 0 spiro atoms. The molecule has 1 amide bonds. The van der Waals surface area contributed by atoms with Crippen LogP contribution in [0.2, 0.25) is 0 Å². The number of nitrogens with one attached hydrogen (secondary N) is 1. The minimum atomic E-state index is -0.0986. The van der Waals surface area contributed by atoms with Crippen molar-refractivity contribution >= 4 is 16.8 Å². The summed E-state index contributed by atoms with van der Waals surface area (Å²) in [7, 11) is 1.66. The number of carbonyl (C=O) groups excluding carboxylic acids is 1. The zero-order valence-electron chi connectivity index (χ0n) is 18.1.